The zero-order valence-corrected chi connectivity index (χ0v) is 12.4. The van der Waals surface area contributed by atoms with E-state index in [9.17, 15) is 4.79 Å². The van der Waals surface area contributed by atoms with Crippen LogP contribution in [0.2, 0.25) is 0 Å². The number of hydrogen-bond donors (Lipinski definition) is 0. The van der Waals surface area contributed by atoms with Crippen molar-refractivity contribution in [2.24, 2.45) is 0 Å². The third-order valence-corrected chi connectivity index (χ3v) is 2.84. The van der Waals surface area contributed by atoms with Gasteiger partial charge >= 0.3 is 6.09 Å². The van der Waals surface area contributed by atoms with Gasteiger partial charge < -0.3 is 9.47 Å². The Hall–Kier alpha value is -2.48. The number of rotatable bonds is 1. The first-order chi connectivity index (χ1) is 9.90. The minimum absolute atomic E-state index is 0.401. The number of ether oxygens (including phenoxy) is 2. The summed E-state index contributed by atoms with van der Waals surface area (Å²) in [6.45, 7) is 6.35. The van der Waals surface area contributed by atoms with Crippen molar-refractivity contribution in [1.82, 2.24) is 4.90 Å². The molecule has 2 rings (SSSR count). The first-order valence-electron chi connectivity index (χ1n) is 6.73. The molecule has 1 aliphatic rings. The van der Waals surface area contributed by atoms with Crippen molar-refractivity contribution in [3.63, 3.8) is 0 Å². The van der Waals surface area contributed by atoms with E-state index in [1.54, 1.807) is 35.4 Å². The lowest BCUT2D eigenvalue weighted by Crippen LogP contribution is -2.39. The van der Waals surface area contributed by atoms with Crippen LogP contribution in [-0.2, 0) is 9.47 Å². The first-order valence-corrected chi connectivity index (χ1v) is 6.73. The Kier molecular flexibility index (Phi) is 4.18. The van der Waals surface area contributed by atoms with E-state index in [4.69, 9.17) is 14.7 Å². The lowest BCUT2D eigenvalue weighted by molar-refractivity contribution is 0.0296. The molecular weight excluding hydrogens is 268 g/mol. The Morgan fingerprint density at radius 1 is 1.33 bits per heavy atom. The Balaban J connectivity index is 2.25. The zero-order valence-electron chi connectivity index (χ0n) is 12.4. The molecule has 5 nitrogen and oxygen atoms in total. The highest BCUT2D eigenvalue weighted by Gasteiger charge is 2.27. The van der Waals surface area contributed by atoms with Crippen LogP contribution < -0.4 is 0 Å². The van der Waals surface area contributed by atoms with Gasteiger partial charge in [-0.3, -0.25) is 4.90 Å². The van der Waals surface area contributed by atoms with Crippen LogP contribution in [0, 0.1) is 11.3 Å². The van der Waals surface area contributed by atoms with Crippen molar-refractivity contribution in [2.75, 3.05) is 13.2 Å². The third-order valence-electron chi connectivity index (χ3n) is 2.84. The zero-order chi connectivity index (χ0) is 15.5. The maximum Gasteiger partial charge on any atom is 0.415 e. The lowest BCUT2D eigenvalue weighted by Gasteiger charge is -2.31. The molecule has 0 unspecified atom stereocenters. The summed E-state index contributed by atoms with van der Waals surface area (Å²) in [6, 6.07) is 9.06. The van der Waals surface area contributed by atoms with Crippen molar-refractivity contribution in [1.29, 1.82) is 5.26 Å². The van der Waals surface area contributed by atoms with Gasteiger partial charge in [0.15, 0.2) is 0 Å². The third kappa shape index (κ3) is 3.76. The molecule has 1 heterocycles. The van der Waals surface area contributed by atoms with Crippen LogP contribution in [0.3, 0.4) is 0 Å². The number of carbonyl (C=O) groups is 1. The highest BCUT2D eigenvalue weighted by Crippen LogP contribution is 2.24. The number of carbonyl (C=O) groups excluding carboxylic acids is 1. The van der Waals surface area contributed by atoms with E-state index in [0.717, 1.165) is 5.56 Å². The number of amides is 1. The molecule has 0 atom stereocenters. The fourth-order valence-electron chi connectivity index (χ4n) is 1.91. The van der Waals surface area contributed by atoms with Gasteiger partial charge in [-0.2, -0.15) is 5.26 Å². The lowest BCUT2D eigenvalue weighted by atomic mass is 10.1. The second-order valence-corrected chi connectivity index (χ2v) is 5.70. The van der Waals surface area contributed by atoms with Gasteiger partial charge in [0.05, 0.1) is 23.9 Å². The molecule has 0 radical (unpaired) electrons. The smallest absolute Gasteiger partial charge is 0.415 e. The van der Waals surface area contributed by atoms with Crippen LogP contribution >= 0.6 is 0 Å². The molecule has 0 aromatic heterocycles. The summed E-state index contributed by atoms with van der Waals surface area (Å²) in [5.74, 6) is 0. The molecule has 0 saturated heterocycles. The molecule has 1 aliphatic heterocycles. The van der Waals surface area contributed by atoms with E-state index in [2.05, 4.69) is 6.07 Å². The van der Waals surface area contributed by atoms with E-state index in [1.807, 2.05) is 20.8 Å². The van der Waals surface area contributed by atoms with Gasteiger partial charge in [-0.05, 0) is 32.9 Å². The van der Waals surface area contributed by atoms with Crippen LogP contribution in [0.25, 0.3) is 5.70 Å². The van der Waals surface area contributed by atoms with Gasteiger partial charge in [0.1, 0.15) is 18.5 Å². The van der Waals surface area contributed by atoms with E-state index in [1.165, 1.54) is 0 Å². The second-order valence-electron chi connectivity index (χ2n) is 5.70. The van der Waals surface area contributed by atoms with Crippen LogP contribution in [0.5, 0.6) is 0 Å². The quantitative estimate of drug-likeness (QED) is 0.795. The highest BCUT2D eigenvalue weighted by molar-refractivity contribution is 5.82. The summed E-state index contributed by atoms with van der Waals surface area (Å²) >= 11 is 0. The van der Waals surface area contributed by atoms with Crippen LogP contribution in [0.4, 0.5) is 4.79 Å². The molecule has 1 amide bonds. The van der Waals surface area contributed by atoms with Gasteiger partial charge in [0, 0.05) is 5.56 Å². The number of nitriles is 1. The van der Waals surface area contributed by atoms with Gasteiger partial charge in [0.2, 0.25) is 0 Å². The maximum absolute atomic E-state index is 12.3. The summed E-state index contributed by atoms with van der Waals surface area (Å²) in [7, 11) is 0. The van der Waals surface area contributed by atoms with Gasteiger partial charge in [-0.15, -0.1) is 0 Å². The normalized spacial score (nSPS) is 14.8. The molecule has 0 fully saturated rings. The largest absolute Gasteiger partial charge is 0.497 e. The van der Waals surface area contributed by atoms with E-state index in [0.29, 0.717) is 24.4 Å². The molecular formula is C16H18N2O3. The van der Waals surface area contributed by atoms with Crippen molar-refractivity contribution in [3.8, 4) is 6.07 Å². The molecule has 1 aromatic carbocycles. The number of nitrogens with zero attached hydrogens (tertiary/aromatic N) is 2. The second kappa shape index (κ2) is 5.88. The van der Waals surface area contributed by atoms with Crippen molar-refractivity contribution in [3.05, 3.63) is 41.7 Å². The average molecular weight is 286 g/mol. The fraction of sp³-hybridized carbons (Fsp3) is 0.375. The monoisotopic (exact) mass is 286 g/mol. The molecule has 21 heavy (non-hydrogen) atoms. The molecule has 1 aromatic rings. The summed E-state index contributed by atoms with van der Waals surface area (Å²) < 4.78 is 10.7. The van der Waals surface area contributed by atoms with Crippen LogP contribution in [-0.4, -0.2) is 29.7 Å². The van der Waals surface area contributed by atoms with Gasteiger partial charge in [-0.25, -0.2) is 4.79 Å². The van der Waals surface area contributed by atoms with Crippen molar-refractivity contribution >= 4 is 11.8 Å². The number of hydrogen-bond acceptors (Lipinski definition) is 4. The van der Waals surface area contributed by atoms with Crippen LogP contribution in [0.1, 0.15) is 31.9 Å². The summed E-state index contributed by atoms with van der Waals surface area (Å²) in [6.07, 6.45) is 1.15. The molecule has 0 bridgehead atoms. The standard InChI is InChI=1S/C16H18N2O3/c1-16(2,3)21-15(19)18-8-9-20-11-14(18)13-6-4-12(10-17)5-7-13/h4-7,11H,8-9H2,1-3H3. The maximum atomic E-state index is 12.3. The minimum atomic E-state index is -0.550. The fourth-order valence-corrected chi connectivity index (χ4v) is 1.91. The van der Waals surface area contributed by atoms with Gasteiger partial charge in [0.25, 0.3) is 0 Å². The molecule has 5 heteroatoms. The first kappa shape index (κ1) is 14.9. The molecule has 0 aliphatic carbocycles. The Morgan fingerprint density at radius 2 is 2.00 bits per heavy atom. The predicted octanol–water partition coefficient (Wildman–Crippen LogP) is 3.12. The van der Waals surface area contributed by atoms with Crippen LogP contribution in [0.15, 0.2) is 30.5 Å². The SMILES string of the molecule is CC(C)(C)OC(=O)N1CCOC=C1c1ccc(C#N)cc1. The summed E-state index contributed by atoms with van der Waals surface area (Å²) in [4.78, 5) is 13.8. The Labute approximate surface area is 124 Å². The molecule has 0 spiro atoms. The van der Waals surface area contributed by atoms with E-state index in [-0.39, 0.29) is 0 Å². The summed E-state index contributed by atoms with van der Waals surface area (Å²) in [5, 5.41) is 8.83. The minimum Gasteiger partial charge on any atom is -0.497 e. The van der Waals surface area contributed by atoms with E-state index < -0.39 is 11.7 Å². The predicted molar refractivity (Wildman–Crippen MR) is 78.0 cm³/mol. The topological polar surface area (TPSA) is 62.6 Å². The highest BCUT2D eigenvalue weighted by atomic mass is 16.6. The molecule has 110 valence electrons. The molecule has 0 saturated carbocycles. The average Bonchev–Trinajstić information content (AvgIpc) is 2.45. The summed E-state index contributed by atoms with van der Waals surface area (Å²) in [5.41, 5.74) is 1.46. The van der Waals surface area contributed by atoms with Crippen molar-refractivity contribution < 1.29 is 14.3 Å². The number of benzene rings is 1. The Morgan fingerprint density at radius 3 is 2.57 bits per heavy atom. The van der Waals surface area contributed by atoms with E-state index >= 15 is 0 Å². The molecule has 0 N–H and O–H groups in total. The van der Waals surface area contributed by atoms with Gasteiger partial charge in [-0.1, -0.05) is 12.1 Å². The Bertz CT molecular complexity index is 591. The van der Waals surface area contributed by atoms with Crippen molar-refractivity contribution in [2.45, 2.75) is 26.4 Å².